The van der Waals surface area contributed by atoms with Gasteiger partial charge in [-0.1, -0.05) is 0 Å². The molecule has 0 atom stereocenters. The van der Waals surface area contributed by atoms with Crippen LogP contribution in [0, 0.1) is 0 Å². The number of ether oxygens (including phenoxy) is 2. The average Bonchev–Trinajstić information content (AvgIpc) is 2.97. The van der Waals surface area contributed by atoms with Crippen LogP contribution in [0.25, 0.3) is 12.2 Å². The van der Waals surface area contributed by atoms with E-state index in [9.17, 15) is 9.90 Å². The highest BCUT2D eigenvalue weighted by Gasteiger charge is 2.17. The first-order chi connectivity index (χ1) is 9.65. The third kappa shape index (κ3) is 2.80. The van der Waals surface area contributed by atoms with Crippen LogP contribution in [0.5, 0.6) is 11.5 Å². The number of phenols is 1. The van der Waals surface area contributed by atoms with E-state index < -0.39 is 5.97 Å². The molecule has 6 heteroatoms. The maximum absolute atomic E-state index is 11.7. The van der Waals surface area contributed by atoms with Gasteiger partial charge in [0, 0.05) is 12.1 Å². The second-order valence-electron chi connectivity index (χ2n) is 3.81. The molecule has 0 aliphatic rings. The lowest BCUT2D eigenvalue weighted by Gasteiger charge is -2.09. The molecule has 2 aromatic rings. The number of aromatic nitrogens is 1. The van der Waals surface area contributed by atoms with E-state index in [4.69, 9.17) is 9.15 Å². The van der Waals surface area contributed by atoms with Crippen LogP contribution in [0.2, 0.25) is 0 Å². The summed E-state index contributed by atoms with van der Waals surface area (Å²) < 4.78 is 14.8. The summed E-state index contributed by atoms with van der Waals surface area (Å²) in [6.45, 7) is 0. The highest BCUT2D eigenvalue weighted by Crippen LogP contribution is 2.29. The molecule has 0 fully saturated rings. The zero-order valence-electron chi connectivity index (χ0n) is 11.0. The molecule has 0 spiro atoms. The molecule has 0 saturated heterocycles. The molecule has 0 aliphatic heterocycles. The standard InChI is InChI=1S/C14H13NO5/c1-18-10-7-9(3-4-12-15-5-6-20-12)13(11(16)8-10)14(17)19-2/h3-8,16H,1-2H3/b4-3-. The average molecular weight is 275 g/mol. The predicted octanol–water partition coefficient (Wildman–Crippen LogP) is 2.35. The Bertz CT molecular complexity index is 631. The maximum Gasteiger partial charge on any atom is 0.342 e. The molecule has 20 heavy (non-hydrogen) atoms. The number of esters is 1. The van der Waals surface area contributed by atoms with Gasteiger partial charge in [-0.15, -0.1) is 0 Å². The van der Waals surface area contributed by atoms with Crippen molar-refractivity contribution in [3.63, 3.8) is 0 Å². The molecular formula is C14H13NO5. The second-order valence-corrected chi connectivity index (χ2v) is 3.81. The van der Waals surface area contributed by atoms with Gasteiger partial charge in [0.15, 0.2) is 0 Å². The van der Waals surface area contributed by atoms with Gasteiger partial charge in [0.25, 0.3) is 0 Å². The molecule has 1 N–H and O–H groups in total. The summed E-state index contributed by atoms with van der Waals surface area (Å²) in [5.74, 6) is -0.0641. The zero-order chi connectivity index (χ0) is 14.5. The van der Waals surface area contributed by atoms with Gasteiger partial charge in [-0.2, -0.15) is 0 Å². The summed E-state index contributed by atoms with van der Waals surface area (Å²) >= 11 is 0. The monoisotopic (exact) mass is 275 g/mol. The van der Waals surface area contributed by atoms with Crippen molar-refractivity contribution >= 4 is 18.1 Å². The summed E-state index contributed by atoms with van der Waals surface area (Å²) in [4.78, 5) is 15.6. The van der Waals surface area contributed by atoms with Crippen LogP contribution < -0.4 is 4.74 Å². The highest BCUT2D eigenvalue weighted by molar-refractivity contribution is 5.97. The van der Waals surface area contributed by atoms with Gasteiger partial charge in [-0.3, -0.25) is 0 Å². The van der Waals surface area contributed by atoms with Gasteiger partial charge in [0.1, 0.15) is 23.3 Å². The number of carbonyl (C=O) groups is 1. The lowest BCUT2D eigenvalue weighted by atomic mass is 10.1. The van der Waals surface area contributed by atoms with E-state index in [1.165, 1.54) is 32.7 Å². The second kappa shape index (κ2) is 5.92. The normalized spacial score (nSPS) is 10.7. The number of aromatic hydroxyl groups is 1. The van der Waals surface area contributed by atoms with Gasteiger partial charge in [0.05, 0.1) is 20.4 Å². The number of oxazole rings is 1. The minimum atomic E-state index is -0.641. The summed E-state index contributed by atoms with van der Waals surface area (Å²) in [6.07, 6.45) is 6.09. The molecule has 1 aromatic carbocycles. The zero-order valence-corrected chi connectivity index (χ0v) is 11.0. The van der Waals surface area contributed by atoms with E-state index in [0.29, 0.717) is 17.2 Å². The molecule has 0 amide bonds. The van der Waals surface area contributed by atoms with Gasteiger partial charge in [-0.05, 0) is 17.7 Å². The number of methoxy groups -OCH3 is 2. The summed E-state index contributed by atoms with van der Waals surface area (Å²) in [5.41, 5.74) is 0.489. The first-order valence-corrected chi connectivity index (χ1v) is 5.72. The lowest BCUT2D eigenvalue weighted by molar-refractivity contribution is 0.0597. The quantitative estimate of drug-likeness (QED) is 0.862. The third-order valence-electron chi connectivity index (χ3n) is 2.60. The molecule has 6 nitrogen and oxygen atoms in total. The molecule has 2 rings (SSSR count). The molecule has 0 aliphatic carbocycles. The van der Waals surface area contributed by atoms with Gasteiger partial charge < -0.3 is 19.0 Å². The molecule has 0 saturated carbocycles. The van der Waals surface area contributed by atoms with Crippen molar-refractivity contribution in [1.82, 2.24) is 4.98 Å². The van der Waals surface area contributed by atoms with Crippen molar-refractivity contribution in [3.05, 3.63) is 41.6 Å². The lowest BCUT2D eigenvalue weighted by Crippen LogP contribution is -2.04. The number of phenolic OH excluding ortho intramolecular Hbond substituents is 1. The first kappa shape index (κ1) is 13.7. The van der Waals surface area contributed by atoms with Crippen molar-refractivity contribution in [1.29, 1.82) is 0 Å². The van der Waals surface area contributed by atoms with E-state index in [1.54, 1.807) is 18.2 Å². The van der Waals surface area contributed by atoms with Gasteiger partial charge in [-0.25, -0.2) is 9.78 Å². The summed E-state index contributed by atoms with van der Waals surface area (Å²) in [5, 5.41) is 9.91. The van der Waals surface area contributed by atoms with Crippen molar-refractivity contribution in [3.8, 4) is 11.5 Å². The Hall–Kier alpha value is -2.76. The maximum atomic E-state index is 11.7. The molecule has 0 bridgehead atoms. The number of benzene rings is 1. The first-order valence-electron chi connectivity index (χ1n) is 5.72. The Morgan fingerprint density at radius 1 is 1.35 bits per heavy atom. The number of hydrogen-bond donors (Lipinski definition) is 1. The highest BCUT2D eigenvalue weighted by atomic mass is 16.5. The van der Waals surface area contributed by atoms with E-state index >= 15 is 0 Å². The van der Waals surface area contributed by atoms with Crippen molar-refractivity contribution < 1.29 is 23.8 Å². The molecule has 104 valence electrons. The van der Waals surface area contributed by atoms with E-state index in [2.05, 4.69) is 9.72 Å². The Kier molecular flexibility index (Phi) is 4.05. The van der Waals surface area contributed by atoms with Crippen molar-refractivity contribution in [2.45, 2.75) is 0 Å². The van der Waals surface area contributed by atoms with Crippen LogP contribution in [-0.2, 0) is 4.74 Å². The van der Waals surface area contributed by atoms with Crippen molar-refractivity contribution in [2.75, 3.05) is 14.2 Å². The van der Waals surface area contributed by atoms with Crippen LogP contribution in [0.1, 0.15) is 21.8 Å². The Labute approximate surface area is 115 Å². The fraction of sp³-hybridized carbons (Fsp3) is 0.143. The molecule has 1 heterocycles. The molecule has 1 aromatic heterocycles. The third-order valence-corrected chi connectivity index (χ3v) is 2.60. The fourth-order valence-corrected chi connectivity index (χ4v) is 1.67. The van der Waals surface area contributed by atoms with Crippen LogP contribution >= 0.6 is 0 Å². The number of rotatable bonds is 4. The summed E-state index contributed by atoms with van der Waals surface area (Å²) in [6, 6.07) is 2.94. The topological polar surface area (TPSA) is 81.8 Å². The molecule has 0 unspecified atom stereocenters. The fourth-order valence-electron chi connectivity index (χ4n) is 1.67. The van der Waals surface area contributed by atoms with E-state index in [-0.39, 0.29) is 11.3 Å². The number of nitrogens with zero attached hydrogens (tertiary/aromatic N) is 1. The Morgan fingerprint density at radius 2 is 2.15 bits per heavy atom. The Balaban J connectivity index is 2.48. The minimum Gasteiger partial charge on any atom is -0.507 e. The van der Waals surface area contributed by atoms with Crippen molar-refractivity contribution in [2.24, 2.45) is 0 Å². The minimum absolute atomic E-state index is 0.0520. The molecule has 0 radical (unpaired) electrons. The van der Waals surface area contributed by atoms with E-state index in [1.807, 2.05) is 0 Å². The molecular weight excluding hydrogens is 262 g/mol. The largest absolute Gasteiger partial charge is 0.507 e. The van der Waals surface area contributed by atoms with E-state index in [0.717, 1.165) is 0 Å². The number of hydrogen-bond acceptors (Lipinski definition) is 6. The predicted molar refractivity (Wildman–Crippen MR) is 71.4 cm³/mol. The number of carbonyl (C=O) groups excluding carboxylic acids is 1. The van der Waals surface area contributed by atoms with Gasteiger partial charge in [0.2, 0.25) is 5.89 Å². The van der Waals surface area contributed by atoms with Crippen LogP contribution in [0.3, 0.4) is 0 Å². The summed E-state index contributed by atoms with van der Waals surface area (Å²) in [7, 11) is 2.71. The van der Waals surface area contributed by atoms with Crippen LogP contribution in [0.15, 0.2) is 29.0 Å². The smallest absolute Gasteiger partial charge is 0.342 e. The van der Waals surface area contributed by atoms with Gasteiger partial charge >= 0.3 is 5.97 Å². The Morgan fingerprint density at radius 3 is 2.75 bits per heavy atom. The van der Waals surface area contributed by atoms with Crippen LogP contribution in [-0.4, -0.2) is 30.3 Å². The van der Waals surface area contributed by atoms with Crippen LogP contribution in [0.4, 0.5) is 0 Å². The SMILES string of the molecule is COC(=O)c1c(O)cc(OC)cc1/C=C\c1ncco1.